The van der Waals surface area contributed by atoms with Crippen molar-refractivity contribution >= 4 is 22.7 Å². The number of pyridine rings is 1. The molecular weight excluding hydrogens is 400 g/mol. The Bertz CT molecular complexity index is 1310. The van der Waals surface area contributed by atoms with Gasteiger partial charge < -0.3 is 10.3 Å². The van der Waals surface area contributed by atoms with Gasteiger partial charge >= 0.3 is 0 Å². The largest absolute Gasteiger partial charge is 0.345 e. The number of H-pyrrole nitrogens is 1. The number of amides is 1. The molecule has 6 nitrogen and oxygen atoms in total. The van der Waals surface area contributed by atoms with Crippen molar-refractivity contribution in [1.29, 1.82) is 0 Å². The fourth-order valence-electron chi connectivity index (χ4n) is 4.35. The summed E-state index contributed by atoms with van der Waals surface area (Å²) in [6, 6.07) is 15.9. The number of aromatic nitrogens is 3. The molecule has 2 N–H and O–H groups in total. The lowest BCUT2D eigenvalue weighted by molar-refractivity contribution is -0.127. The van der Waals surface area contributed by atoms with E-state index in [0.29, 0.717) is 0 Å². The molecule has 1 unspecified atom stereocenters. The number of Topliss-reactive ketones (excluding diaryl/α,β-unsaturated/α-hetero) is 1. The molecule has 0 bridgehead atoms. The molecule has 160 valence electrons. The predicted molar refractivity (Wildman–Crippen MR) is 124 cm³/mol. The highest BCUT2D eigenvalue weighted by Gasteiger charge is 2.32. The molecule has 32 heavy (non-hydrogen) atoms. The molecule has 6 heteroatoms. The summed E-state index contributed by atoms with van der Waals surface area (Å²) in [5.41, 5.74) is 6.96. The van der Waals surface area contributed by atoms with Crippen LogP contribution in [0.5, 0.6) is 0 Å². The second-order valence-electron chi connectivity index (χ2n) is 8.46. The van der Waals surface area contributed by atoms with Gasteiger partial charge in [0, 0.05) is 30.5 Å². The first kappa shape index (κ1) is 20.1. The van der Waals surface area contributed by atoms with Crippen LogP contribution < -0.4 is 5.32 Å². The topological polar surface area (TPSA) is 87.7 Å². The van der Waals surface area contributed by atoms with Crippen molar-refractivity contribution in [1.82, 2.24) is 20.3 Å². The molecule has 2 aromatic heterocycles. The Morgan fingerprint density at radius 1 is 1.00 bits per heavy atom. The summed E-state index contributed by atoms with van der Waals surface area (Å²) in [5, 5.41) is 3.16. The zero-order chi connectivity index (χ0) is 22.2. The van der Waals surface area contributed by atoms with Crippen molar-refractivity contribution in [3.63, 3.8) is 0 Å². The van der Waals surface area contributed by atoms with Crippen LogP contribution in [-0.4, -0.2) is 26.6 Å². The third-order valence-corrected chi connectivity index (χ3v) is 6.04. The number of rotatable bonds is 6. The highest BCUT2D eigenvalue weighted by Crippen LogP contribution is 2.47. The summed E-state index contributed by atoms with van der Waals surface area (Å²) in [6.45, 7) is 3.72. The SMILES string of the molecule is CC(C)C(=O)CCC(=O)NC1c2ccccc2-c2c(-c3nc4cnccc4[nH]3)cccc21. The van der Waals surface area contributed by atoms with Crippen LogP contribution in [0.15, 0.2) is 60.9 Å². The smallest absolute Gasteiger partial charge is 0.221 e. The summed E-state index contributed by atoms with van der Waals surface area (Å²) >= 11 is 0. The molecule has 4 aromatic rings. The number of nitrogens with zero attached hydrogens (tertiary/aromatic N) is 2. The van der Waals surface area contributed by atoms with Crippen molar-refractivity contribution in [3.05, 3.63) is 72.1 Å². The Morgan fingerprint density at radius 3 is 2.59 bits per heavy atom. The van der Waals surface area contributed by atoms with Gasteiger partial charge in [0.2, 0.25) is 5.91 Å². The number of hydrogen-bond donors (Lipinski definition) is 2. The minimum absolute atomic E-state index is 0.0581. The van der Waals surface area contributed by atoms with E-state index in [-0.39, 0.29) is 36.5 Å². The summed E-state index contributed by atoms with van der Waals surface area (Å²) in [5.74, 6) is 0.701. The second-order valence-corrected chi connectivity index (χ2v) is 8.46. The van der Waals surface area contributed by atoms with Gasteiger partial charge in [-0.2, -0.15) is 0 Å². The number of fused-ring (bicyclic) bond motifs is 4. The average molecular weight is 425 g/mol. The lowest BCUT2D eigenvalue weighted by Gasteiger charge is -2.16. The Hall–Kier alpha value is -3.80. The van der Waals surface area contributed by atoms with Crippen LogP contribution in [0.2, 0.25) is 0 Å². The van der Waals surface area contributed by atoms with Crippen molar-refractivity contribution < 1.29 is 9.59 Å². The molecule has 1 amide bonds. The van der Waals surface area contributed by atoms with E-state index in [2.05, 4.69) is 21.4 Å². The van der Waals surface area contributed by atoms with Crippen LogP contribution in [0.3, 0.4) is 0 Å². The van der Waals surface area contributed by atoms with Gasteiger partial charge in [-0.25, -0.2) is 4.98 Å². The summed E-state index contributed by atoms with van der Waals surface area (Å²) in [7, 11) is 0. The number of ketones is 1. The lowest BCUT2D eigenvalue weighted by atomic mass is 9.98. The first-order valence-corrected chi connectivity index (χ1v) is 10.9. The van der Waals surface area contributed by atoms with E-state index in [1.54, 1.807) is 12.4 Å². The first-order chi connectivity index (χ1) is 15.5. The van der Waals surface area contributed by atoms with Gasteiger partial charge in [-0.3, -0.25) is 14.6 Å². The van der Waals surface area contributed by atoms with Gasteiger partial charge in [0.05, 0.1) is 17.8 Å². The summed E-state index contributed by atoms with van der Waals surface area (Å²) in [6.07, 6.45) is 3.94. The molecule has 5 rings (SSSR count). The van der Waals surface area contributed by atoms with E-state index >= 15 is 0 Å². The maximum Gasteiger partial charge on any atom is 0.221 e. The molecule has 0 saturated heterocycles. The maximum absolute atomic E-state index is 12.7. The predicted octanol–water partition coefficient (Wildman–Crippen LogP) is 4.82. The molecule has 0 aliphatic heterocycles. The third-order valence-electron chi connectivity index (χ3n) is 6.04. The summed E-state index contributed by atoms with van der Waals surface area (Å²) in [4.78, 5) is 37.0. The zero-order valence-corrected chi connectivity index (χ0v) is 18.1. The number of benzene rings is 2. The van der Waals surface area contributed by atoms with Crippen molar-refractivity contribution in [2.75, 3.05) is 0 Å². The van der Waals surface area contributed by atoms with E-state index in [0.717, 1.165) is 44.7 Å². The fourth-order valence-corrected chi connectivity index (χ4v) is 4.35. The Balaban J connectivity index is 1.52. The van der Waals surface area contributed by atoms with Crippen LogP contribution in [0.1, 0.15) is 43.9 Å². The number of nitrogens with one attached hydrogen (secondary N) is 2. The average Bonchev–Trinajstić information content (AvgIpc) is 3.37. The van der Waals surface area contributed by atoms with Crippen molar-refractivity contribution in [2.24, 2.45) is 5.92 Å². The molecule has 2 heterocycles. The summed E-state index contributed by atoms with van der Waals surface area (Å²) < 4.78 is 0. The number of carbonyl (C=O) groups excluding carboxylic acids is 2. The molecule has 0 fully saturated rings. The maximum atomic E-state index is 12.7. The fraction of sp³-hybridized carbons (Fsp3) is 0.231. The van der Waals surface area contributed by atoms with Crippen molar-refractivity contribution in [3.8, 4) is 22.5 Å². The minimum Gasteiger partial charge on any atom is -0.345 e. The van der Waals surface area contributed by atoms with Crippen LogP contribution >= 0.6 is 0 Å². The molecule has 0 saturated carbocycles. The minimum atomic E-state index is -0.256. The monoisotopic (exact) mass is 424 g/mol. The Kier molecular flexibility index (Phi) is 5.05. The number of carbonyl (C=O) groups is 2. The standard InChI is InChI=1S/C26H24N4O2/c1-15(2)22(31)10-11-23(32)30-25-17-7-4-3-6-16(17)24-18(25)8-5-9-19(24)26-28-20-12-13-27-14-21(20)29-26/h3-9,12-15,25H,10-11H2,1-2H3,(H,28,29)(H,30,32). The number of aromatic amines is 1. The van der Waals surface area contributed by atoms with E-state index in [9.17, 15) is 9.59 Å². The molecule has 1 atom stereocenters. The second kappa shape index (κ2) is 8.04. The normalized spacial score (nSPS) is 14.4. The molecular formula is C26H24N4O2. The van der Waals surface area contributed by atoms with Crippen LogP contribution in [0, 0.1) is 5.92 Å². The quantitative estimate of drug-likeness (QED) is 0.465. The first-order valence-electron chi connectivity index (χ1n) is 10.9. The van der Waals surface area contributed by atoms with Crippen LogP contribution in [-0.2, 0) is 9.59 Å². The van der Waals surface area contributed by atoms with E-state index in [1.165, 1.54) is 0 Å². The zero-order valence-electron chi connectivity index (χ0n) is 18.1. The Labute approximate surface area is 186 Å². The van der Waals surface area contributed by atoms with Gasteiger partial charge in [-0.15, -0.1) is 0 Å². The van der Waals surface area contributed by atoms with Gasteiger partial charge in [0.25, 0.3) is 0 Å². The van der Waals surface area contributed by atoms with Crippen molar-refractivity contribution in [2.45, 2.75) is 32.7 Å². The van der Waals surface area contributed by atoms with Gasteiger partial charge in [-0.1, -0.05) is 56.3 Å². The Morgan fingerprint density at radius 2 is 1.78 bits per heavy atom. The molecule has 2 aromatic carbocycles. The van der Waals surface area contributed by atoms with E-state index < -0.39 is 0 Å². The third kappa shape index (κ3) is 3.47. The highest BCUT2D eigenvalue weighted by molar-refractivity contribution is 5.93. The van der Waals surface area contributed by atoms with E-state index in [4.69, 9.17) is 4.98 Å². The molecule has 0 radical (unpaired) electrons. The number of imidazole rings is 1. The molecule has 1 aliphatic carbocycles. The van der Waals surface area contributed by atoms with Gasteiger partial charge in [0.15, 0.2) is 0 Å². The van der Waals surface area contributed by atoms with Gasteiger partial charge in [0.1, 0.15) is 17.1 Å². The molecule has 0 spiro atoms. The van der Waals surface area contributed by atoms with Crippen LogP contribution in [0.25, 0.3) is 33.5 Å². The molecule has 1 aliphatic rings. The number of hydrogen-bond acceptors (Lipinski definition) is 4. The highest BCUT2D eigenvalue weighted by atomic mass is 16.2. The van der Waals surface area contributed by atoms with Gasteiger partial charge in [-0.05, 0) is 28.3 Å². The van der Waals surface area contributed by atoms with E-state index in [1.807, 2.05) is 56.3 Å². The lowest BCUT2D eigenvalue weighted by Crippen LogP contribution is -2.28. The van der Waals surface area contributed by atoms with Crippen LogP contribution in [0.4, 0.5) is 0 Å².